The lowest BCUT2D eigenvalue weighted by Gasteiger charge is -2.08. The summed E-state index contributed by atoms with van der Waals surface area (Å²) in [5.41, 5.74) is 4.17. The summed E-state index contributed by atoms with van der Waals surface area (Å²) in [5.74, 6) is 0.206. The van der Waals surface area contributed by atoms with Gasteiger partial charge in [0.05, 0.1) is 5.75 Å². The number of carbonyl (C=O) groups excluding carboxylic acids is 1. The first-order valence-corrected chi connectivity index (χ1v) is 9.75. The number of aromatic nitrogens is 3. The molecule has 7 heteroatoms. The maximum Gasteiger partial charge on any atom is 0.234 e. The number of anilines is 1. The smallest absolute Gasteiger partial charge is 0.234 e. The first-order valence-electron chi connectivity index (χ1n) is 7.69. The van der Waals surface area contributed by atoms with Gasteiger partial charge in [0.15, 0.2) is 5.16 Å². The van der Waals surface area contributed by atoms with Gasteiger partial charge in [-0.05, 0) is 66.3 Å². The second-order valence-corrected chi connectivity index (χ2v) is 7.72. The monoisotopic (exact) mass is 464 g/mol. The van der Waals surface area contributed by atoms with E-state index in [1.165, 1.54) is 22.9 Å². The average Bonchev–Trinajstić information content (AvgIpc) is 3.06. The highest BCUT2D eigenvalue weighted by Gasteiger charge is 2.10. The third-order valence-electron chi connectivity index (χ3n) is 3.62. The van der Waals surface area contributed by atoms with Crippen LogP contribution in [-0.2, 0) is 4.79 Å². The normalized spacial score (nSPS) is 10.7. The summed E-state index contributed by atoms with van der Waals surface area (Å²) in [4.78, 5) is 12.2. The standard InChI is InChI=1S/C18H17IN4OS/c1-12-3-7-15(8-4-12)23-11-20-22-18(23)25-10-17(24)21-14-6-5-13(2)16(19)9-14/h3-9,11H,10H2,1-2H3,(H,21,24). The third kappa shape index (κ3) is 4.60. The number of nitrogens with one attached hydrogen (secondary N) is 1. The van der Waals surface area contributed by atoms with Crippen molar-refractivity contribution in [1.29, 1.82) is 0 Å². The molecular weight excluding hydrogens is 447 g/mol. The van der Waals surface area contributed by atoms with Crippen molar-refractivity contribution in [3.8, 4) is 5.69 Å². The molecule has 0 atom stereocenters. The van der Waals surface area contributed by atoms with Crippen LogP contribution in [-0.4, -0.2) is 26.4 Å². The zero-order valence-electron chi connectivity index (χ0n) is 13.9. The number of aryl methyl sites for hydroxylation is 2. The SMILES string of the molecule is Cc1ccc(-n2cnnc2SCC(=O)Nc2ccc(C)c(I)c2)cc1. The van der Waals surface area contributed by atoms with E-state index in [1.807, 2.05) is 60.9 Å². The molecule has 0 spiro atoms. The maximum absolute atomic E-state index is 12.2. The van der Waals surface area contributed by atoms with Crippen LogP contribution >= 0.6 is 34.4 Å². The molecule has 3 aromatic rings. The Morgan fingerprint density at radius 3 is 2.68 bits per heavy atom. The van der Waals surface area contributed by atoms with E-state index in [1.54, 1.807) is 6.33 Å². The van der Waals surface area contributed by atoms with Crippen LogP contribution in [0.5, 0.6) is 0 Å². The second-order valence-electron chi connectivity index (χ2n) is 5.62. The Kier molecular flexibility index (Phi) is 5.74. The highest BCUT2D eigenvalue weighted by Crippen LogP contribution is 2.21. The molecule has 1 heterocycles. The molecule has 2 aromatic carbocycles. The highest BCUT2D eigenvalue weighted by atomic mass is 127. The summed E-state index contributed by atoms with van der Waals surface area (Å²) in [6.07, 6.45) is 1.66. The zero-order chi connectivity index (χ0) is 17.8. The molecule has 0 fully saturated rings. The number of thioether (sulfide) groups is 1. The number of nitrogens with zero attached hydrogens (tertiary/aromatic N) is 3. The molecule has 0 aliphatic heterocycles. The lowest BCUT2D eigenvalue weighted by Crippen LogP contribution is -2.14. The largest absolute Gasteiger partial charge is 0.325 e. The number of amides is 1. The van der Waals surface area contributed by atoms with Gasteiger partial charge in [-0.1, -0.05) is 35.5 Å². The molecule has 0 unspecified atom stereocenters. The van der Waals surface area contributed by atoms with Crippen molar-refractivity contribution < 1.29 is 4.79 Å². The quantitative estimate of drug-likeness (QED) is 0.454. The molecule has 3 rings (SSSR count). The Morgan fingerprint density at radius 2 is 1.96 bits per heavy atom. The van der Waals surface area contributed by atoms with Crippen molar-refractivity contribution in [2.24, 2.45) is 0 Å². The molecule has 1 N–H and O–H groups in total. The van der Waals surface area contributed by atoms with Crippen molar-refractivity contribution in [2.75, 3.05) is 11.1 Å². The Balaban J connectivity index is 1.64. The molecule has 0 radical (unpaired) electrons. The van der Waals surface area contributed by atoms with Crippen LogP contribution in [0.3, 0.4) is 0 Å². The second kappa shape index (κ2) is 8.01. The molecule has 0 aliphatic rings. The number of rotatable bonds is 5. The van der Waals surface area contributed by atoms with E-state index >= 15 is 0 Å². The van der Waals surface area contributed by atoms with Crippen LogP contribution in [0, 0.1) is 17.4 Å². The van der Waals surface area contributed by atoms with Crippen molar-refractivity contribution in [3.63, 3.8) is 0 Å². The van der Waals surface area contributed by atoms with E-state index in [9.17, 15) is 4.79 Å². The third-order valence-corrected chi connectivity index (χ3v) is 5.72. The number of hydrogen-bond donors (Lipinski definition) is 1. The van der Waals surface area contributed by atoms with E-state index in [0.717, 1.165) is 14.9 Å². The topological polar surface area (TPSA) is 59.8 Å². The fourth-order valence-corrected chi connectivity index (χ4v) is 3.45. The zero-order valence-corrected chi connectivity index (χ0v) is 16.8. The van der Waals surface area contributed by atoms with Gasteiger partial charge in [0, 0.05) is 14.9 Å². The van der Waals surface area contributed by atoms with Gasteiger partial charge in [-0.3, -0.25) is 9.36 Å². The summed E-state index contributed by atoms with van der Waals surface area (Å²) in [6, 6.07) is 14.0. The lowest BCUT2D eigenvalue weighted by atomic mass is 10.2. The molecule has 0 aliphatic carbocycles. The highest BCUT2D eigenvalue weighted by molar-refractivity contribution is 14.1. The van der Waals surface area contributed by atoms with Crippen molar-refractivity contribution in [1.82, 2.24) is 14.8 Å². The fraction of sp³-hybridized carbons (Fsp3) is 0.167. The van der Waals surface area contributed by atoms with Crippen molar-refractivity contribution >= 4 is 45.9 Å². The average molecular weight is 464 g/mol. The lowest BCUT2D eigenvalue weighted by molar-refractivity contribution is -0.113. The Morgan fingerprint density at radius 1 is 1.20 bits per heavy atom. The predicted octanol–water partition coefficient (Wildman–Crippen LogP) is 4.22. The minimum atomic E-state index is -0.0666. The summed E-state index contributed by atoms with van der Waals surface area (Å²) in [5, 5.41) is 11.7. The summed E-state index contributed by atoms with van der Waals surface area (Å²) < 4.78 is 3.01. The van der Waals surface area contributed by atoms with Gasteiger partial charge in [-0.15, -0.1) is 10.2 Å². The molecule has 1 aromatic heterocycles. The number of hydrogen-bond acceptors (Lipinski definition) is 4. The van der Waals surface area contributed by atoms with E-state index < -0.39 is 0 Å². The molecule has 0 bridgehead atoms. The Hall–Kier alpha value is -1.87. The minimum absolute atomic E-state index is 0.0666. The van der Waals surface area contributed by atoms with Crippen LogP contribution in [0.4, 0.5) is 5.69 Å². The molecular formula is C18H17IN4OS. The molecule has 0 saturated heterocycles. The summed E-state index contributed by atoms with van der Waals surface area (Å²) >= 11 is 3.62. The molecule has 1 amide bonds. The van der Waals surface area contributed by atoms with Gasteiger partial charge in [-0.2, -0.15) is 0 Å². The van der Waals surface area contributed by atoms with Crippen LogP contribution in [0.15, 0.2) is 53.9 Å². The van der Waals surface area contributed by atoms with Crippen molar-refractivity contribution in [3.05, 3.63) is 63.5 Å². The van der Waals surface area contributed by atoms with E-state index in [-0.39, 0.29) is 11.7 Å². The van der Waals surface area contributed by atoms with Gasteiger partial charge in [0.2, 0.25) is 5.91 Å². The Labute approximate surface area is 164 Å². The molecule has 5 nitrogen and oxygen atoms in total. The maximum atomic E-state index is 12.2. The van der Waals surface area contributed by atoms with E-state index in [0.29, 0.717) is 5.16 Å². The number of halogens is 1. The van der Waals surface area contributed by atoms with Crippen LogP contribution in [0.25, 0.3) is 5.69 Å². The van der Waals surface area contributed by atoms with Gasteiger partial charge >= 0.3 is 0 Å². The number of carbonyl (C=O) groups is 1. The van der Waals surface area contributed by atoms with Crippen LogP contribution < -0.4 is 5.32 Å². The van der Waals surface area contributed by atoms with E-state index in [2.05, 4.69) is 38.1 Å². The minimum Gasteiger partial charge on any atom is -0.325 e. The first kappa shape index (κ1) is 17.9. The van der Waals surface area contributed by atoms with E-state index in [4.69, 9.17) is 0 Å². The number of benzene rings is 2. The molecule has 0 saturated carbocycles. The van der Waals surface area contributed by atoms with Gasteiger partial charge < -0.3 is 5.32 Å². The van der Waals surface area contributed by atoms with Gasteiger partial charge in [0.25, 0.3) is 0 Å². The van der Waals surface area contributed by atoms with Gasteiger partial charge in [0.1, 0.15) is 6.33 Å². The Bertz CT molecular complexity index is 892. The van der Waals surface area contributed by atoms with Gasteiger partial charge in [-0.25, -0.2) is 0 Å². The fourth-order valence-electron chi connectivity index (χ4n) is 2.20. The summed E-state index contributed by atoms with van der Waals surface area (Å²) in [7, 11) is 0. The molecule has 25 heavy (non-hydrogen) atoms. The van der Waals surface area contributed by atoms with Crippen molar-refractivity contribution in [2.45, 2.75) is 19.0 Å². The molecule has 128 valence electrons. The summed E-state index contributed by atoms with van der Waals surface area (Å²) in [6.45, 7) is 4.09. The first-order chi connectivity index (χ1) is 12.0. The van der Waals surface area contributed by atoms with Crippen LogP contribution in [0.1, 0.15) is 11.1 Å². The predicted molar refractivity (Wildman–Crippen MR) is 109 cm³/mol. The van der Waals surface area contributed by atoms with Crippen LogP contribution in [0.2, 0.25) is 0 Å².